The van der Waals surface area contributed by atoms with Crippen LogP contribution in [0.25, 0.3) is 11.3 Å². The van der Waals surface area contributed by atoms with Crippen LogP contribution in [0.15, 0.2) is 72.8 Å². The minimum Gasteiger partial charge on any atom is -0.497 e. The van der Waals surface area contributed by atoms with Gasteiger partial charge in [0.25, 0.3) is 5.91 Å². The van der Waals surface area contributed by atoms with Crippen LogP contribution in [-0.2, 0) is 6.54 Å². The maximum atomic E-state index is 13.5. The van der Waals surface area contributed by atoms with E-state index in [4.69, 9.17) is 21.1 Å². The Balaban J connectivity index is 1.63. The molecule has 0 radical (unpaired) electrons. The van der Waals surface area contributed by atoms with Crippen LogP contribution >= 0.6 is 11.6 Å². The number of halogens is 1. The molecule has 1 aliphatic rings. The lowest BCUT2D eigenvalue weighted by atomic mass is 9.95. The molecule has 2 heterocycles. The number of H-pyrrole nitrogens is 1. The second kappa shape index (κ2) is 8.64. The van der Waals surface area contributed by atoms with Gasteiger partial charge in [0.15, 0.2) is 0 Å². The van der Waals surface area contributed by atoms with Crippen molar-refractivity contribution in [3.63, 3.8) is 0 Å². The molecule has 0 saturated carbocycles. The van der Waals surface area contributed by atoms with E-state index in [0.717, 1.165) is 39.4 Å². The maximum absolute atomic E-state index is 13.5. The molecule has 0 bridgehead atoms. The summed E-state index contributed by atoms with van der Waals surface area (Å²) in [4.78, 5) is 15.4. The number of hydrogen-bond donors (Lipinski definition) is 1. The number of hydrogen-bond acceptors (Lipinski definition) is 4. The van der Waals surface area contributed by atoms with Crippen LogP contribution in [0.4, 0.5) is 0 Å². The number of fused-ring (bicyclic) bond motifs is 1. The molecule has 7 heteroatoms. The lowest BCUT2D eigenvalue weighted by Crippen LogP contribution is -2.29. The molecule has 1 amide bonds. The highest BCUT2D eigenvalue weighted by Gasteiger charge is 2.42. The summed E-state index contributed by atoms with van der Waals surface area (Å²) >= 11 is 6.44. The van der Waals surface area contributed by atoms with E-state index in [2.05, 4.69) is 10.2 Å². The van der Waals surface area contributed by atoms with Crippen LogP contribution in [0.5, 0.6) is 11.5 Å². The van der Waals surface area contributed by atoms with Crippen LogP contribution in [-0.4, -0.2) is 35.2 Å². The summed E-state index contributed by atoms with van der Waals surface area (Å²) in [6, 6.07) is 22.7. The molecular weight excluding hydrogens is 438 g/mol. The van der Waals surface area contributed by atoms with Gasteiger partial charge in [-0.25, -0.2) is 0 Å². The van der Waals surface area contributed by atoms with Crippen LogP contribution in [0.3, 0.4) is 0 Å². The van der Waals surface area contributed by atoms with E-state index in [9.17, 15) is 4.79 Å². The van der Waals surface area contributed by atoms with Gasteiger partial charge in [-0.3, -0.25) is 9.89 Å². The van der Waals surface area contributed by atoms with Gasteiger partial charge >= 0.3 is 0 Å². The van der Waals surface area contributed by atoms with Gasteiger partial charge in [-0.15, -0.1) is 0 Å². The Labute approximate surface area is 196 Å². The minimum atomic E-state index is -0.328. The Kier molecular flexibility index (Phi) is 5.52. The molecule has 1 aromatic heterocycles. The Morgan fingerprint density at radius 3 is 2.21 bits per heavy atom. The van der Waals surface area contributed by atoms with Gasteiger partial charge < -0.3 is 14.4 Å². The molecule has 0 saturated heterocycles. The summed E-state index contributed by atoms with van der Waals surface area (Å²) in [6.07, 6.45) is 0. The summed E-state index contributed by atoms with van der Waals surface area (Å²) in [5, 5.41) is 8.13. The number of amides is 1. The number of carbonyl (C=O) groups excluding carboxylic acids is 1. The van der Waals surface area contributed by atoms with E-state index in [1.165, 1.54) is 0 Å². The molecule has 0 fully saturated rings. The molecule has 0 spiro atoms. The summed E-state index contributed by atoms with van der Waals surface area (Å²) in [7, 11) is 3.26. The zero-order valence-corrected chi connectivity index (χ0v) is 19.0. The molecule has 1 N–H and O–H groups in total. The molecular formula is C26H22ClN3O3. The highest BCUT2D eigenvalue weighted by Crippen LogP contribution is 2.44. The number of aromatic nitrogens is 2. The predicted molar refractivity (Wildman–Crippen MR) is 127 cm³/mol. The SMILES string of the molecule is COc1ccc(-c2n[nH]c3c2C(c2ccc(OC)cc2)N(Cc2ccccc2Cl)C3=O)cc1. The summed E-state index contributed by atoms with van der Waals surface area (Å²) in [5.74, 6) is 1.40. The number of rotatable bonds is 6. The number of benzene rings is 3. The fourth-order valence-corrected chi connectivity index (χ4v) is 4.47. The number of nitrogens with one attached hydrogen (secondary N) is 1. The minimum absolute atomic E-state index is 0.113. The van der Waals surface area contributed by atoms with Crippen molar-refractivity contribution in [2.24, 2.45) is 0 Å². The van der Waals surface area contributed by atoms with E-state index in [1.54, 1.807) is 14.2 Å². The van der Waals surface area contributed by atoms with Crippen molar-refractivity contribution in [1.82, 2.24) is 15.1 Å². The second-order valence-corrected chi connectivity index (χ2v) is 8.20. The molecule has 0 aliphatic carbocycles. The van der Waals surface area contributed by atoms with E-state index in [-0.39, 0.29) is 11.9 Å². The van der Waals surface area contributed by atoms with Gasteiger partial charge in [0.1, 0.15) is 17.2 Å². The molecule has 1 atom stereocenters. The van der Waals surface area contributed by atoms with Crippen LogP contribution < -0.4 is 9.47 Å². The molecule has 4 aromatic rings. The third-order valence-corrected chi connectivity index (χ3v) is 6.33. The molecule has 1 unspecified atom stereocenters. The predicted octanol–water partition coefficient (Wildman–Crippen LogP) is 5.49. The normalized spacial score (nSPS) is 14.9. The third-order valence-electron chi connectivity index (χ3n) is 5.96. The fourth-order valence-electron chi connectivity index (χ4n) is 4.27. The lowest BCUT2D eigenvalue weighted by molar-refractivity contribution is 0.0730. The molecule has 6 nitrogen and oxygen atoms in total. The highest BCUT2D eigenvalue weighted by atomic mass is 35.5. The molecule has 33 heavy (non-hydrogen) atoms. The summed E-state index contributed by atoms with van der Waals surface area (Å²) < 4.78 is 10.6. The quantitative estimate of drug-likeness (QED) is 0.414. The highest BCUT2D eigenvalue weighted by molar-refractivity contribution is 6.31. The summed E-state index contributed by atoms with van der Waals surface area (Å²) in [6.45, 7) is 0.375. The first kappa shape index (κ1) is 21.1. The monoisotopic (exact) mass is 459 g/mol. The van der Waals surface area contributed by atoms with Gasteiger partial charge in [0.2, 0.25) is 0 Å². The molecule has 5 rings (SSSR count). The van der Waals surface area contributed by atoms with Gasteiger partial charge in [-0.05, 0) is 53.6 Å². The standard InChI is InChI=1S/C26H22ClN3O3/c1-32-19-11-7-16(8-12-19)23-22-24(29-28-23)26(31)30(15-18-5-3-4-6-21(18)27)25(22)17-9-13-20(33-2)14-10-17/h3-14,25H,15H2,1-2H3,(H,28,29). The average molecular weight is 460 g/mol. The fraction of sp³-hybridized carbons (Fsp3) is 0.154. The van der Waals surface area contributed by atoms with Gasteiger partial charge in [-0.1, -0.05) is 41.9 Å². The zero-order chi connectivity index (χ0) is 22.9. The van der Waals surface area contributed by atoms with Crippen molar-refractivity contribution >= 4 is 17.5 Å². The number of ether oxygens (including phenoxy) is 2. The van der Waals surface area contributed by atoms with Crippen LogP contribution in [0, 0.1) is 0 Å². The second-order valence-electron chi connectivity index (χ2n) is 7.79. The van der Waals surface area contributed by atoms with Crippen molar-refractivity contribution in [3.05, 3.63) is 100 Å². The number of aromatic amines is 1. The average Bonchev–Trinajstić information content (AvgIpc) is 3.40. The van der Waals surface area contributed by atoms with Gasteiger partial charge in [0, 0.05) is 22.7 Å². The van der Waals surface area contributed by atoms with E-state index >= 15 is 0 Å². The Morgan fingerprint density at radius 2 is 1.58 bits per heavy atom. The van der Waals surface area contributed by atoms with Crippen molar-refractivity contribution in [1.29, 1.82) is 0 Å². The van der Waals surface area contributed by atoms with E-state index in [0.29, 0.717) is 17.3 Å². The van der Waals surface area contributed by atoms with Crippen molar-refractivity contribution in [2.45, 2.75) is 12.6 Å². The number of methoxy groups -OCH3 is 2. The van der Waals surface area contributed by atoms with Crippen LogP contribution in [0.2, 0.25) is 5.02 Å². The molecule has 166 valence electrons. The maximum Gasteiger partial charge on any atom is 0.273 e. The Hall–Kier alpha value is -3.77. The Morgan fingerprint density at radius 1 is 0.939 bits per heavy atom. The van der Waals surface area contributed by atoms with Crippen molar-refractivity contribution in [2.75, 3.05) is 14.2 Å². The first-order chi connectivity index (χ1) is 16.1. The number of carbonyl (C=O) groups is 1. The first-order valence-corrected chi connectivity index (χ1v) is 10.9. The Bertz CT molecular complexity index is 1300. The topological polar surface area (TPSA) is 67.5 Å². The van der Waals surface area contributed by atoms with Crippen molar-refractivity contribution in [3.8, 4) is 22.8 Å². The first-order valence-electron chi connectivity index (χ1n) is 10.5. The van der Waals surface area contributed by atoms with E-state index < -0.39 is 0 Å². The van der Waals surface area contributed by atoms with Gasteiger partial charge in [-0.2, -0.15) is 5.10 Å². The van der Waals surface area contributed by atoms with E-state index in [1.807, 2.05) is 77.7 Å². The third kappa shape index (κ3) is 3.72. The van der Waals surface area contributed by atoms with Crippen LogP contribution in [0.1, 0.15) is 33.2 Å². The van der Waals surface area contributed by atoms with Gasteiger partial charge in [0.05, 0.1) is 26.0 Å². The number of nitrogens with zero attached hydrogens (tertiary/aromatic N) is 2. The summed E-state index contributed by atoms with van der Waals surface area (Å²) in [5.41, 5.74) is 4.83. The lowest BCUT2D eigenvalue weighted by Gasteiger charge is -2.27. The smallest absolute Gasteiger partial charge is 0.273 e. The molecule has 3 aromatic carbocycles. The largest absolute Gasteiger partial charge is 0.497 e. The molecule has 1 aliphatic heterocycles. The zero-order valence-electron chi connectivity index (χ0n) is 18.2. The van der Waals surface area contributed by atoms with Crippen molar-refractivity contribution < 1.29 is 14.3 Å².